The van der Waals surface area contributed by atoms with Gasteiger partial charge in [0, 0.05) is 28.6 Å². The van der Waals surface area contributed by atoms with Crippen LogP contribution in [-0.2, 0) is 0 Å². The van der Waals surface area contributed by atoms with Crippen molar-refractivity contribution in [1.29, 1.82) is 0 Å². The third kappa shape index (κ3) is 4.03. The van der Waals surface area contributed by atoms with Crippen molar-refractivity contribution in [1.82, 2.24) is 15.6 Å². The fraction of sp³-hybridized carbons (Fsp3) is 0.250. The molecule has 2 rings (SSSR count). The molecule has 1 aromatic heterocycles. The van der Waals surface area contributed by atoms with Gasteiger partial charge in [0.1, 0.15) is 5.69 Å². The monoisotopic (exact) mass is 303 g/mol. The van der Waals surface area contributed by atoms with Crippen LogP contribution < -0.4 is 10.6 Å². The molecule has 110 valence electrons. The number of rotatable bonds is 5. The van der Waals surface area contributed by atoms with Gasteiger partial charge in [-0.05, 0) is 38.2 Å². The predicted molar refractivity (Wildman–Crippen MR) is 86.5 cm³/mol. The van der Waals surface area contributed by atoms with Crippen LogP contribution in [-0.4, -0.2) is 24.0 Å². The Kier molecular flexibility index (Phi) is 4.94. The summed E-state index contributed by atoms with van der Waals surface area (Å²) in [7, 11) is 1.87. The van der Waals surface area contributed by atoms with Crippen molar-refractivity contribution in [3.63, 3.8) is 0 Å². The number of hydrogen-bond donors (Lipinski definition) is 2. The molecule has 1 aromatic carbocycles. The number of halogens is 1. The Morgan fingerprint density at radius 3 is 2.86 bits per heavy atom. The van der Waals surface area contributed by atoms with Crippen molar-refractivity contribution >= 4 is 28.4 Å². The average Bonchev–Trinajstić information content (AvgIpc) is 2.46. The Hall–Kier alpha value is -1.91. The molecule has 0 radical (unpaired) electrons. The maximum absolute atomic E-state index is 12.2. The van der Waals surface area contributed by atoms with Crippen LogP contribution in [0.4, 0.5) is 0 Å². The average molecular weight is 304 g/mol. The lowest BCUT2D eigenvalue weighted by Crippen LogP contribution is -2.29. The number of nitrogens with one attached hydrogen (secondary N) is 2. The molecule has 0 saturated carbocycles. The molecule has 0 spiro atoms. The number of amides is 1. The number of pyridine rings is 1. The molecule has 21 heavy (non-hydrogen) atoms. The van der Waals surface area contributed by atoms with E-state index in [0.717, 1.165) is 10.9 Å². The van der Waals surface area contributed by atoms with Gasteiger partial charge in [-0.1, -0.05) is 24.2 Å². The van der Waals surface area contributed by atoms with Crippen LogP contribution in [0.1, 0.15) is 23.8 Å². The lowest BCUT2D eigenvalue weighted by Gasteiger charge is -2.13. The second-order valence-corrected chi connectivity index (χ2v) is 5.42. The maximum Gasteiger partial charge on any atom is 0.274 e. The van der Waals surface area contributed by atoms with Gasteiger partial charge in [-0.25, -0.2) is 4.98 Å². The van der Waals surface area contributed by atoms with Gasteiger partial charge in [0.15, 0.2) is 0 Å². The van der Waals surface area contributed by atoms with Crippen molar-refractivity contribution in [3.8, 4) is 0 Å². The molecule has 2 N–H and O–H groups in total. The summed E-state index contributed by atoms with van der Waals surface area (Å²) >= 11 is 5.93. The number of nitrogens with zero attached hydrogens (tertiary/aromatic N) is 1. The van der Waals surface area contributed by atoms with E-state index in [1.807, 2.05) is 26.1 Å². The van der Waals surface area contributed by atoms with Crippen LogP contribution in [0.5, 0.6) is 0 Å². The van der Waals surface area contributed by atoms with Crippen LogP contribution in [0.15, 0.2) is 42.6 Å². The van der Waals surface area contributed by atoms with E-state index < -0.39 is 0 Å². The summed E-state index contributed by atoms with van der Waals surface area (Å²) in [6.07, 6.45) is 0.672. The van der Waals surface area contributed by atoms with Gasteiger partial charge in [0.05, 0.1) is 5.52 Å². The number of fused-ring (bicyclic) bond motifs is 1. The minimum Gasteiger partial charge on any atom is -0.325 e. The van der Waals surface area contributed by atoms with E-state index in [1.54, 1.807) is 18.2 Å². The van der Waals surface area contributed by atoms with Crippen molar-refractivity contribution in [2.45, 2.75) is 19.4 Å². The molecule has 0 aliphatic heterocycles. The van der Waals surface area contributed by atoms with Crippen LogP contribution >= 0.6 is 11.6 Å². The smallest absolute Gasteiger partial charge is 0.274 e. The van der Waals surface area contributed by atoms with Crippen molar-refractivity contribution < 1.29 is 4.79 Å². The lowest BCUT2D eigenvalue weighted by molar-refractivity contribution is 0.0960. The number of carbonyl (C=O) groups is 1. The molecule has 0 fully saturated rings. The number of carbonyl (C=O) groups excluding carboxylic acids is 1. The van der Waals surface area contributed by atoms with E-state index in [-0.39, 0.29) is 11.9 Å². The molecular formula is C16H18ClN3O. The molecule has 0 bridgehead atoms. The minimum absolute atomic E-state index is 0.250. The summed E-state index contributed by atoms with van der Waals surface area (Å²) in [6, 6.07) is 9.15. The Balaban J connectivity index is 2.12. The van der Waals surface area contributed by atoms with Crippen LogP contribution in [0.25, 0.3) is 10.9 Å². The van der Waals surface area contributed by atoms with Gasteiger partial charge in [0.25, 0.3) is 5.91 Å². The van der Waals surface area contributed by atoms with Crippen LogP contribution in [0.2, 0.25) is 5.02 Å². The maximum atomic E-state index is 12.2. The zero-order chi connectivity index (χ0) is 15.4. The summed E-state index contributed by atoms with van der Waals surface area (Å²) in [5.74, 6) is -0.250. The fourth-order valence-electron chi connectivity index (χ4n) is 1.97. The molecule has 1 unspecified atom stereocenters. The van der Waals surface area contributed by atoms with Gasteiger partial charge in [-0.2, -0.15) is 0 Å². The Morgan fingerprint density at radius 2 is 2.14 bits per heavy atom. The number of hydrogen-bond acceptors (Lipinski definition) is 3. The van der Waals surface area contributed by atoms with Crippen LogP contribution in [0, 0.1) is 0 Å². The second-order valence-electron chi connectivity index (χ2n) is 4.99. The zero-order valence-electron chi connectivity index (χ0n) is 12.1. The van der Waals surface area contributed by atoms with Gasteiger partial charge in [-0.15, -0.1) is 0 Å². The Bertz CT molecular complexity index is 684. The SMILES string of the molecule is C=C(CC(C)NC)NC(=O)c1ccc2cc(Cl)ccc2n1. The van der Waals surface area contributed by atoms with Crippen molar-refractivity contribution in [2.75, 3.05) is 7.05 Å². The first kappa shape index (κ1) is 15.5. The van der Waals surface area contributed by atoms with Gasteiger partial charge in [-0.3, -0.25) is 4.79 Å². The second kappa shape index (κ2) is 6.70. The van der Waals surface area contributed by atoms with Gasteiger partial charge < -0.3 is 10.6 Å². The zero-order valence-corrected chi connectivity index (χ0v) is 12.9. The van der Waals surface area contributed by atoms with Gasteiger partial charge >= 0.3 is 0 Å². The highest BCUT2D eigenvalue weighted by molar-refractivity contribution is 6.31. The quantitative estimate of drug-likeness (QED) is 0.892. The third-order valence-electron chi connectivity index (χ3n) is 3.22. The number of aromatic nitrogens is 1. The van der Waals surface area contributed by atoms with Crippen molar-refractivity contribution in [3.05, 3.63) is 53.3 Å². The number of benzene rings is 1. The van der Waals surface area contributed by atoms with E-state index >= 15 is 0 Å². The van der Waals surface area contributed by atoms with Gasteiger partial charge in [0.2, 0.25) is 0 Å². The highest BCUT2D eigenvalue weighted by atomic mass is 35.5. The first-order valence-corrected chi connectivity index (χ1v) is 7.10. The molecular weight excluding hydrogens is 286 g/mol. The molecule has 1 amide bonds. The summed E-state index contributed by atoms with van der Waals surface area (Å²) in [6.45, 7) is 5.89. The fourth-order valence-corrected chi connectivity index (χ4v) is 2.15. The molecule has 4 nitrogen and oxygen atoms in total. The summed E-state index contributed by atoms with van der Waals surface area (Å²) in [5.41, 5.74) is 1.77. The highest BCUT2D eigenvalue weighted by Gasteiger charge is 2.10. The molecule has 0 aliphatic rings. The molecule has 1 atom stereocenters. The summed E-state index contributed by atoms with van der Waals surface area (Å²) in [5, 5.41) is 7.43. The van der Waals surface area contributed by atoms with Crippen molar-refractivity contribution in [2.24, 2.45) is 0 Å². The molecule has 1 heterocycles. The molecule has 0 aliphatic carbocycles. The van der Waals surface area contributed by atoms with E-state index in [2.05, 4.69) is 22.2 Å². The third-order valence-corrected chi connectivity index (χ3v) is 3.45. The van der Waals surface area contributed by atoms with Crippen LogP contribution in [0.3, 0.4) is 0 Å². The van der Waals surface area contributed by atoms with E-state index in [1.165, 1.54) is 0 Å². The predicted octanol–water partition coefficient (Wildman–Crippen LogP) is 3.13. The van der Waals surface area contributed by atoms with E-state index in [0.29, 0.717) is 22.8 Å². The normalized spacial score (nSPS) is 12.1. The first-order chi connectivity index (χ1) is 9.99. The first-order valence-electron chi connectivity index (χ1n) is 6.72. The molecule has 5 heteroatoms. The Labute approximate surface area is 129 Å². The molecule has 2 aromatic rings. The molecule has 0 saturated heterocycles. The topological polar surface area (TPSA) is 54.0 Å². The van der Waals surface area contributed by atoms with E-state index in [4.69, 9.17) is 11.6 Å². The highest BCUT2D eigenvalue weighted by Crippen LogP contribution is 2.18. The largest absolute Gasteiger partial charge is 0.325 e. The Morgan fingerprint density at radius 1 is 1.38 bits per heavy atom. The standard InChI is InChI=1S/C16H18ClN3O/c1-10(18-3)8-11(2)19-16(21)15-6-4-12-9-13(17)5-7-14(12)20-15/h4-7,9-10,18H,2,8H2,1,3H3,(H,19,21). The van der Waals surface area contributed by atoms with E-state index in [9.17, 15) is 4.79 Å². The minimum atomic E-state index is -0.250. The summed E-state index contributed by atoms with van der Waals surface area (Å²) in [4.78, 5) is 16.5. The summed E-state index contributed by atoms with van der Waals surface area (Å²) < 4.78 is 0. The lowest BCUT2D eigenvalue weighted by atomic mass is 10.2.